The molecule has 1 aliphatic heterocycles. The molecule has 2 atom stereocenters. The van der Waals surface area contributed by atoms with Gasteiger partial charge in [0.25, 0.3) is 0 Å². The summed E-state index contributed by atoms with van der Waals surface area (Å²) in [6.07, 6.45) is -2.84. The number of ether oxygens (including phenoxy) is 1. The topological polar surface area (TPSA) is 9.23 Å². The van der Waals surface area contributed by atoms with Gasteiger partial charge in [-0.2, -0.15) is 13.2 Å². The van der Waals surface area contributed by atoms with E-state index in [2.05, 4.69) is 0 Å². The zero-order chi connectivity index (χ0) is 13.2. The molecule has 1 aliphatic rings. The molecule has 0 amide bonds. The molecule has 0 spiro atoms. The predicted molar refractivity (Wildman–Crippen MR) is 63.6 cm³/mol. The average molecular weight is 279 g/mol. The highest BCUT2D eigenvalue weighted by Gasteiger charge is 2.33. The van der Waals surface area contributed by atoms with Gasteiger partial charge in [0.2, 0.25) is 0 Å². The Morgan fingerprint density at radius 1 is 1.33 bits per heavy atom. The highest BCUT2D eigenvalue weighted by molar-refractivity contribution is 6.18. The van der Waals surface area contributed by atoms with Crippen LogP contribution in [-0.2, 0) is 10.9 Å². The molecule has 0 N–H and O–H groups in total. The molecule has 0 saturated carbocycles. The van der Waals surface area contributed by atoms with Crippen LogP contribution in [0.3, 0.4) is 0 Å². The first-order valence-electron chi connectivity index (χ1n) is 5.87. The van der Waals surface area contributed by atoms with E-state index in [0.717, 1.165) is 25.0 Å². The third kappa shape index (κ3) is 2.98. The van der Waals surface area contributed by atoms with Crippen LogP contribution in [-0.4, -0.2) is 12.5 Å². The van der Waals surface area contributed by atoms with E-state index >= 15 is 0 Å². The van der Waals surface area contributed by atoms with Gasteiger partial charge in [-0.15, -0.1) is 11.6 Å². The van der Waals surface area contributed by atoms with Crippen molar-refractivity contribution in [3.8, 4) is 0 Å². The molecule has 2 rings (SSSR count). The van der Waals surface area contributed by atoms with Crippen LogP contribution < -0.4 is 0 Å². The van der Waals surface area contributed by atoms with Gasteiger partial charge < -0.3 is 4.74 Å². The van der Waals surface area contributed by atoms with Crippen LogP contribution in [0.2, 0.25) is 0 Å². The van der Waals surface area contributed by atoms with Gasteiger partial charge in [0.05, 0.1) is 11.7 Å². The van der Waals surface area contributed by atoms with Gasteiger partial charge in [0, 0.05) is 18.4 Å². The molecule has 0 bridgehead atoms. The SMILES string of the molecule is FC(F)(F)c1cccc([C@@H]2OCCC[C@H]2CCl)c1. The molecular formula is C13H14ClF3O. The molecule has 1 nitrogen and oxygen atoms in total. The van der Waals surface area contributed by atoms with Crippen molar-refractivity contribution in [2.75, 3.05) is 12.5 Å². The fourth-order valence-corrected chi connectivity index (χ4v) is 2.58. The van der Waals surface area contributed by atoms with Crippen LogP contribution in [0.15, 0.2) is 24.3 Å². The minimum Gasteiger partial charge on any atom is -0.373 e. The van der Waals surface area contributed by atoms with Crippen LogP contribution in [0.5, 0.6) is 0 Å². The van der Waals surface area contributed by atoms with Crippen molar-refractivity contribution in [1.29, 1.82) is 0 Å². The highest BCUT2D eigenvalue weighted by atomic mass is 35.5. The Balaban J connectivity index is 2.27. The molecule has 1 saturated heterocycles. The van der Waals surface area contributed by atoms with Gasteiger partial charge in [-0.1, -0.05) is 12.1 Å². The summed E-state index contributed by atoms with van der Waals surface area (Å²) in [4.78, 5) is 0. The van der Waals surface area contributed by atoms with E-state index in [4.69, 9.17) is 16.3 Å². The van der Waals surface area contributed by atoms with Crippen LogP contribution in [0, 0.1) is 5.92 Å². The van der Waals surface area contributed by atoms with Gasteiger partial charge in [0.1, 0.15) is 0 Å². The molecule has 100 valence electrons. The van der Waals surface area contributed by atoms with Gasteiger partial charge in [-0.25, -0.2) is 0 Å². The number of hydrogen-bond acceptors (Lipinski definition) is 1. The summed E-state index contributed by atoms with van der Waals surface area (Å²) in [5.41, 5.74) is -0.0716. The third-order valence-corrected chi connectivity index (χ3v) is 3.58. The minimum atomic E-state index is -4.32. The first kappa shape index (κ1) is 13.7. The zero-order valence-electron chi connectivity index (χ0n) is 9.71. The Morgan fingerprint density at radius 2 is 2.11 bits per heavy atom. The van der Waals surface area contributed by atoms with Crippen molar-refractivity contribution in [3.05, 3.63) is 35.4 Å². The quantitative estimate of drug-likeness (QED) is 0.728. The van der Waals surface area contributed by atoms with Crippen molar-refractivity contribution >= 4 is 11.6 Å². The predicted octanol–water partition coefficient (Wildman–Crippen LogP) is 4.41. The second-order valence-corrected chi connectivity index (χ2v) is 4.78. The second-order valence-electron chi connectivity index (χ2n) is 4.47. The van der Waals surface area contributed by atoms with Gasteiger partial charge in [0.15, 0.2) is 0 Å². The minimum absolute atomic E-state index is 0.0869. The van der Waals surface area contributed by atoms with Crippen LogP contribution >= 0.6 is 11.6 Å². The maximum atomic E-state index is 12.6. The molecule has 1 aromatic rings. The molecule has 0 unspecified atom stereocenters. The lowest BCUT2D eigenvalue weighted by Gasteiger charge is -2.31. The summed E-state index contributed by atoms with van der Waals surface area (Å²) in [5.74, 6) is 0.491. The van der Waals surface area contributed by atoms with E-state index in [1.165, 1.54) is 6.07 Å². The van der Waals surface area contributed by atoms with E-state index < -0.39 is 11.7 Å². The lowest BCUT2D eigenvalue weighted by Crippen LogP contribution is -2.24. The Hall–Kier alpha value is -0.740. The molecule has 18 heavy (non-hydrogen) atoms. The fraction of sp³-hybridized carbons (Fsp3) is 0.538. The van der Waals surface area contributed by atoms with Gasteiger partial charge in [-0.05, 0) is 30.5 Å². The maximum Gasteiger partial charge on any atom is 0.416 e. The van der Waals surface area contributed by atoms with Crippen molar-refractivity contribution in [2.45, 2.75) is 25.1 Å². The van der Waals surface area contributed by atoms with Crippen molar-refractivity contribution in [3.63, 3.8) is 0 Å². The summed E-state index contributed by atoms with van der Waals surface area (Å²) in [6, 6.07) is 5.32. The summed E-state index contributed by atoms with van der Waals surface area (Å²) in [7, 11) is 0. The number of rotatable bonds is 2. The van der Waals surface area contributed by atoms with Crippen molar-refractivity contribution < 1.29 is 17.9 Å². The molecule has 0 aromatic heterocycles. The van der Waals surface area contributed by atoms with Crippen LogP contribution in [0.25, 0.3) is 0 Å². The Bertz CT molecular complexity index is 405. The largest absolute Gasteiger partial charge is 0.416 e. The maximum absolute atomic E-state index is 12.6. The number of alkyl halides is 4. The van der Waals surface area contributed by atoms with E-state index in [1.807, 2.05) is 0 Å². The van der Waals surface area contributed by atoms with Gasteiger partial charge >= 0.3 is 6.18 Å². The van der Waals surface area contributed by atoms with E-state index in [9.17, 15) is 13.2 Å². The Kier molecular flexibility index (Phi) is 4.17. The molecule has 0 radical (unpaired) electrons. The number of benzene rings is 1. The number of halogens is 4. The first-order valence-corrected chi connectivity index (χ1v) is 6.40. The third-order valence-electron chi connectivity index (χ3n) is 3.19. The molecule has 1 aromatic carbocycles. The molecule has 0 aliphatic carbocycles. The van der Waals surface area contributed by atoms with E-state index in [-0.39, 0.29) is 12.0 Å². The Labute approximate surface area is 109 Å². The zero-order valence-corrected chi connectivity index (χ0v) is 10.5. The summed E-state index contributed by atoms with van der Waals surface area (Å²) >= 11 is 5.85. The standard InChI is InChI=1S/C13H14ClF3O/c14-8-10-4-2-6-18-12(10)9-3-1-5-11(7-9)13(15,16)17/h1,3,5,7,10,12H,2,4,6,8H2/t10-,12-/m0/s1. The Morgan fingerprint density at radius 3 is 2.78 bits per heavy atom. The highest BCUT2D eigenvalue weighted by Crippen LogP contribution is 2.37. The molecule has 1 fully saturated rings. The summed E-state index contributed by atoms with van der Waals surface area (Å²) in [6.45, 7) is 0.578. The van der Waals surface area contributed by atoms with Crippen molar-refractivity contribution in [2.24, 2.45) is 5.92 Å². The van der Waals surface area contributed by atoms with Crippen LogP contribution in [0.4, 0.5) is 13.2 Å². The van der Waals surface area contributed by atoms with Crippen molar-refractivity contribution in [1.82, 2.24) is 0 Å². The lowest BCUT2D eigenvalue weighted by atomic mass is 9.90. The fourth-order valence-electron chi connectivity index (χ4n) is 2.26. The summed E-state index contributed by atoms with van der Waals surface area (Å²) < 4.78 is 43.5. The second kappa shape index (κ2) is 5.49. The van der Waals surface area contributed by atoms with Gasteiger partial charge in [-0.3, -0.25) is 0 Å². The summed E-state index contributed by atoms with van der Waals surface area (Å²) in [5, 5.41) is 0. The van der Waals surface area contributed by atoms with E-state index in [0.29, 0.717) is 18.1 Å². The molecule has 5 heteroatoms. The normalized spacial score (nSPS) is 25.1. The molecular weight excluding hydrogens is 265 g/mol. The van der Waals surface area contributed by atoms with E-state index in [1.54, 1.807) is 6.07 Å². The lowest BCUT2D eigenvalue weighted by molar-refractivity contribution is -0.137. The monoisotopic (exact) mass is 278 g/mol. The smallest absolute Gasteiger partial charge is 0.373 e. The van der Waals surface area contributed by atoms with Crippen LogP contribution in [0.1, 0.15) is 30.1 Å². The average Bonchev–Trinajstić information content (AvgIpc) is 2.38. The first-order chi connectivity index (χ1) is 8.52. The number of hydrogen-bond donors (Lipinski definition) is 0. The molecule has 1 heterocycles.